The van der Waals surface area contributed by atoms with Gasteiger partial charge in [0, 0.05) is 26.2 Å². The first-order valence-corrected chi connectivity index (χ1v) is 12.4. The van der Waals surface area contributed by atoms with Crippen LogP contribution < -0.4 is 10.2 Å². The number of carbonyl (C=O) groups excluding carboxylic acids is 1. The summed E-state index contributed by atoms with van der Waals surface area (Å²) in [6.07, 6.45) is 3.35. The highest BCUT2D eigenvalue weighted by atomic mass is 32.2. The second kappa shape index (κ2) is 9.82. The summed E-state index contributed by atoms with van der Waals surface area (Å²) in [4.78, 5) is 15.4. The van der Waals surface area contributed by atoms with Crippen LogP contribution in [0.5, 0.6) is 0 Å². The Morgan fingerprint density at radius 3 is 2.45 bits per heavy atom. The molecule has 0 radical (unpaired) electrons. The molecule has 1 aliphatic heterocycles. The molecule has 0 atom stereocenters. The predicted octanol–water partition coefficient (Wildman–Crippen LogP) is 3.82. The van der Waals surface area contributed by atoms with Crippen molar-refractivity contribution >= 4 is 27.3 Å². The molecule has 9 heteroatoms. The van der Waals surface area contributed by atoms with Gasteiger partial charge in [-0.25, -0.2) is 8.42 Å². The molecule has 0 saturated carbocycles. The summed E-state index contributed by atoms with van der Waals surface area (Å²) in [7, 11) is -3.62. The van der Waals surface area contributed by atoms with E-state index in [1.165, 1.54) is 4.31 Å². The fraction of sp³-hybridized carbons (Fsp3) is 0.545. The number of amides is 1. The van der Waals surface area contributed by atoms with Crippen molar-refractivity contribution < 1.29 is 17.7 Å². The van der Waals surface area contributed by atoms with Crippen LogP contribution in [0.2, 0.25) is 0 Å². The molecule has 1 fully saturated rings. The third kappa shape index (κ3) is 4.77. The molecule has 0 spiro atoms. The molecule has 0 bridgehead atoms. The van der Waals surface area contributed by atoms with Crippen molar-refractivity contribution in [3.8, 4) is 0 Å². The van der Waals surface area contributed by atoms with E-state index < -0.39 is 10.0 Å². The van der Waals surface area contributed by atoms with Crippen LogP contribution in [-0.2, 0) is 16.4 Å². The fourth-order valence-electron chi connectivity index (χ4n) is 4.01. The number of benzene rings is 1. The summed E-state index contributed by atoms with van der Waals surface area (Å²) in [6.45, 7) is 10.2. The molecule has 170 valence electrons. The smallest absolute Gasteiger partial charge is 0.261 e. The van der Waals surface area contributed by atoms with E-state index in [9.17, 15) is 13.2 Å². The Morgan fingerprint density at radius 2 is 1.84 bits per heavy atom. The van der Waals surface area contributed by atoms with Crippen LogP contribution in [0.1, 0.15) is 61.8 Å². The Kier molecular flexibility index (Phi) is 7.38. The van der Waals surface area contributed by atoms with Gasteiger partial charge in [0.2, 0.25) is 10.0 Å². The molecule has 2 heterocycles. The summed E-state index contributed by atoms with van der Waals surface area (Å²) < 4.78 is 33.1. The maximum absolute atomic E-state index is 13.2. The van der Waals surface area contributed by atoms with Crippen LogP contribution in [0.15, 0.2) is 27.6 Å². The van der Waals surface area contributed by atoms with E-state index >= 15 is 0 Å². The van der Waals surface area contributed by atoms with Crippen LogP contribution in [-0.4, -0.2) is 50.0 Å². The van der Waals surface area contributed by atoms with E-state index in [4.69, 9.17) is 4.52 Å². The minimum atomic E-state index is -3.62. The van der Waals surface area contributed by atoms with Crippen molar-refractivity contribution in [1.29, 1.82) is 0 Å². The SMILES string of the molecule is CCc1noc(C)c1C(=O)Nc1cc(S(=O)(=O)N2CCCCC2)ccc1N(CC)CC. The zero-order valence-corrected chi connectivity index (χ0v) is 19.6. The van der Waals surface area contributed by atoms with Gasteiger partial charge in [-0.05, 0) is 58.2 Å². The third-order valence-electron chi connectivity index (χ3n) is 5.77. The molecule has 1 N–H and O–H groups in total. The van der Waals surface area contributed by atoms with E-state index in [0.717, 1.165) is 38.0 Å². The highest BCUT2D eigenvalue weighted by Gasteiger charge is 2.28. The molecule has 1 aromatic carbocycles. The minimum absolute atomic E-state index is 0.193. The number of sulfonamides is 1. The topological polar surface area (TPSA) is 95.8 Å². The average Bonchev–Trinajstić information content (AvgIpc) is 3.16. The Bertz CT molecular complexity index is 1020. The molecule has 8 nitrogen and oxygen atoms in total. The highest BCUT2D eigenvalue weighted by Crippen LogP contribution is 2.32. The van der Waals surface area contributed by atoms with Crippen molar-refractivity contribution in [2.24, 2.45) is 0 Å². The van der Waals surface area contributed by atoms with Gasteiger partial charge in [-0.2, -0.15) is 4.31 Å². The van der Waals surface area contributed by atoms with E-state index in [0.29, 0.717) is 42.2 Å². The molecule has 31 heavy (non-hydrogen) atoms. The lowest BCUT2D eigenvalue weighted by Gasteiger charge is -2.28. The Labute approximate surface area is 184 Å². The van der Waals surface area contributed by atoms with Gasteiger partial charge in [0.05, 0.1) is 22.0 Å². The lowest BCUT2D eigenvalue weighted by molar-refractivity contribution is 0.102. The predicted molar refractivity (Wildman–Crippen MR) is 121 cm³/mol. The minimum Gasteiger partial charge on any atom is -0.370 e. The van der Waals surface area contributed by atoms with Gasteiger partial charge in [0.15, 0.2) is 0 Å². The summed E-state index contributed by atoms with van der Waals surface area (Å²) in [5, 5.41) is 6.89. The van der Waals surface area contributed by atoms with Gasteiger partial charge in [0.1, 0.15) is 11.3 Å². The zero-order valence-electron chi connectivity index (χ0n) is 18.8. The Balaban J connectivity index is 2.02. The van der Waals surface area contributed by atoms with Gasteiger partial charge >= 0.3 is 0 Å². The molecule has 1 aromatic heterocycles. The number of aromatic nitrogens is 1. The summed E-state index contributed by atoms with van der Waals surface area (Å²) in [5.41, 5.74) is 2.23. The van der Waals surface area contributed by atoms with Gasteiger partial charge in [-0.1, -0.05) is 18.5 Å². The van der Waals surface area contributed by atoms with Crippen molar-refractivity contribution in [2.45, 2.75) is 58.3 Å². The largest absolute Gasteiger partial charge is 0.370 e. The molecule has 0 unspecified atom stereocenters. The summed E-state index contributed by atoms with van der Waals surface area (Å²) >= 11 is 0. The van der Waals surface area contributed by atoms with E-state index in [1.807, 2.05) is 20.8 Å². The Hall–Kier alpha value is -2.39. The number of anilines is 2. The van der Waals surface area contributed by atoms with E-state index in [-0.39, 0.29) is 10.8 Å². The molecule has 1 saturated heterocycles. The first-order chi connectivity index (χ1) is 14.8. The molecule has 2 aromatic rings. The van der Waals surface area contributed by atoms with Gasteiger partial charge < -0.3 is 14.7 Å². The molecular weight excluding hydrogens is 416 g/mol. The molecular formula is C22H32N4O4S. The number of nitrogens with one attached hydrogen (secondary N) is 1. The number of carbonyl (C=O) groups is 1. The normalized spacial score (nSPS) is 15.1. The highest BCUT2D eigenvalue weighted by molar-refractivity contribution is 7.89. The first kappa shape index (κ1) is 23.3. The monoisotopic (exact) mass is 448 g/mol. The summed E-state index contributed by atoms with van der Waals surface area (Å²) in [6, 6.07) is 4.99. The summed E-state index contributed by atoms with van der Waals surface area (Å²) in [5.74, 6) is 0.0901. The number of aryl methyl sites for hydroxylation is 2. The van der Waals surface area contributed by atoms with E-state index in [1.54, 1.807) is 25.1 Å². The number of hydrogen-bond acceptors (Lipinski definition) is 6. The molecule has 3 rings (SSSR count). The van der Waals surface area contributed by atoms with Crippen molar-refractivity contribution in [2.75, 3.05) is 36.4 Å². The molecule has 0 aliphatic carbocycles. The van der Waals surface area contributed by atoms with Crippen LogP contribution in [0, 0.1) is 6.92 Å². The van der Waals surface area contributed by atoms with Gasteiger partial charge in [-0.3, -0.25) is 4.79 Å². The second-order valence-electron chi connectivity index (χ2n) is 7.68. The third-order valence-corrected chi connectivity index (χ3v) is 7.66. The fourth-order valence-corrected chi connectivity index (χ4v) is 5.55. The van der Waals surface area contributed by atoms with Crippen LogP contribution in [0.4, 0.5) is 11.4 Å². The quantitative estimate of drug-likeness (QED) is 0.660. The van der Waals surface area contributed by atoms with E-state index in [2.05, 4.69) is 15.4 Å². The molecule has 1 amide bonds. The zero-order chi connectivity index (χ0) is 22.6. The first-order valence-electron chi connectivity index (χ1n) is 11.0. The Morgan fingerprint density at radius 1 is 1.16 bits per heavy atom. The second-order valence-corrected chi connectivity index (χ2v) is 9.62. The molecule has 1 aliphatic rings. The van der Waals surface area contributed by atoms with Crippen molar-refractivity contribution in [3.05, 3.63) is 35.2 Å². The van der Waals surface area contributed by atoms with Crippen molar-refractivity contribution in [1.82, 2.24) is 9.46 Å². The lowest BCUT2D eigenvalue weighted by Crippen LogP contribution is -2.35. The van der Waals surface area contributed by atoms with Gasteiger partial charge in [0.25, 0.3) is 5.91 Å². The van der Waals surface area contributed by atoms with Crippen LogP contribution in [0.3, 0.4) is 0 Å². The van der Waals surface area contributed by atoms with Crippen molar-refractivity contribution in [3.63, 3.8) is 0 Å². The standard InChI is InChI=1S/C22H32N4O4S/c1-5-18-21(16(4)30-24-18)22(27)23-19-15-17(11-12-20(19)25(6-2)7-3)31(28,29)26-13-9-8-10-14-26/h11-12,15H,5-10,13-14H2,1-4H3,(H,23,27). The van der Waals surface area contributed by atoms with Crippen LogP contribution in [0.25, 0.3) is 0 Å². The van der Waals surface area contributed by atoms with Crippen LogP contribution >= 0.6 is 0 Å². The average molecular weight is 449 g/mol. The maximum Gasteiger partial charge on any atom is 0.261 e. The number of hydrogen-bond donors (Lipinski definition) is 1. The lowest BCUT2D eigenvalue weighted by atomic mass is 10.1. The maximum atomic E-state index is 13.2. The number of rotatable bonds is 8. The number of piperidine rings is 1. The van der Waals surface area contributed by atoms with Gasteiger partial charge in [-0.15, -0.1) is 0 Å². The number of nitrogens with zero attached hydrogens (tertiary/aromatic N) is 3.